The Hall–Kier alpha value is -4.30. The molecule has 2 N–H and O–H groups in total. The third-order valence-electron chi connectivity index (χ3n) is 8.65. The Morgan fingerprint density at radius 2 is 0.763 bits per heavy atom. The van der Waals surface area contributed by atoms with E-state index in [-0.39, 0.29) is 10.8 Å². The fraction of sp³-hybridized carbons (Fsp3) is 0.167. The Morgan fingerprint density at radius 1 is 0.395 bits per heavy atom. The number of nitrogens with one attached hydrogen (secondary N) is 2. The second kappa shape index (κ2) is 8.10. The van der Waals surface area contributed by atoms with Crippen LogP contribution in [-0.2, 0) is 10.8 Å². The van der Waals surface area contributed by atoms with Crippen molar-refractivity contribution in [3.8, 4) is 22.3 Å². The molecule has 0 saturated heterocycles. The van der Waals surface area contributed by atoms with Crippen LogP contribution in [0, 0.1) is 0 Å². The van der Waals surface area contributed by atoms with E-state index in [1.807, 2.05) is 0 Å². The van der Waals surface area contributed by atoms with Crippen LogP contribution in [0.4, 0.5) is 22.7 Å². The van der Waals surface area contributed by atoms with Crippen LogP contribution in [0.2, 0.25) is 0 Å². The molecule has 0 unspecified atom stereocenters. The predicted octanol–water partition coefficient (Wildman–Crippen LogP) is 9.79. The van der Waals surface area contributed by atoms with Gasteiger partial charge in [-0.2, -0.15) is 0 Å². The molecule has 0 aliphatic heterocycles. The lowest BCUT2D eigenvalue weighted by Gasteiger charge is -2.23. The third kappa shape index (κ3) is 3.33. The lowest BCUT2D eigenvalue weighted by Crippen LogP contribution is -2.15. The van der Waals surface area contributed by atoms with Gasteiger partial charge in [0.05, 0.1) is 11.4 Å². The molecule has 0 saturated carbocycles. The molecule has 0 spiro atoms. The number of hydrogen-bond donors (Lipinski definition) is 2. The number of rotatable bonds is 4. The Bertz CT molecular complexity index is 1600. The first-order valence-electron chi connectivity index (χ1n) is 13.5. The summed E-state index contributed by atoms with van der Waals surface area (Å²) in [4.78, 5) is 0. The summed E-state index contributed by atoms with van der Waals surface area (Å²) in [5, 5.41) is 7.41. The minimum atomic E-state index is -0.0177. The van der Waals surface area contributed by atoms with Crippen LogP contribution in [-0.4, -0.2) is 0 Å². The minimum Gasteiger partial charge on any atom is -0.354 e. The van der Waals surface area contributed by atoms with Gasteiger partial charge >= 0.3 is 0 Å². The highest BCUT2D eigenvalue weighted by molar-refractivity contribution is 5.86. The first-order valence-corrected chi connectivity index (χ1v) is 13.5. The van der Waals surface area contributed by atoms with Gasteiger partial charge in [0.25, 0.3) is 0 Å². The molecule has 38 heavy (non-hydrogen) atoms. The zero-order valence-electron chi connectivity index (χ0n) is 22.4. The molecule has 0 amide bonds. The van der Waals surface area contributed by atoms with Gasteiger partial charge in [-0.1, -0.05) is 100 Å². The van der Waals surface area contributed by atoms with Crippen molar-refractivity contribution in [1.82, 2.24) is 0 Å². The lowest BCUT2D eigenvalue weighted by atomic mass is 9.82. The van der Waals surface area contributed by atoms with Crippen LogP contribution in [0.1, 0.15) is 49.9 Å². The maximum atomic E-state index is 3.71. The summed E-state index contributed by atoms with van der Waals surface area (Å²) in [5.41, 5.74) is 15.2. The van der Waals surface area contributed by atoms with Crippen molar-refractivity contribution >= 4 is 22.7 Å². The number of fused-ring (bicyclic) bond motifs is 6. The van der Waals surface area contributed by atoms with Crippen molar-refractivity contribution < 1.29 is 0 Å². The summed E-state index contributed by atoms with van der Waals surface area (Å²) in [6.07, 6.45) is 0. The SMILES string of the molecule is CC1(C)c2ccccc2-c2ccc(Nc3ccccc3Nc3ccc4c(c3)C(C)(C)c3ccccc3-4)cc21. The molecule has 0 heterocycles. The molecular formula is C36H32N2. The van der Waals surface area contributed by atoms with E-state index in [9.17, 15) is 0 Å². The monoisotopic (exact) mass is 492 g/mol. The van der Waals surface area contributed by atoms with Crippen molar-refractivity contribution in [2.24, 2.45) is 0 Å². The summed E-state index contributed by atoms with van der Waals surface area (Å²) in [6, 6.07) is 39.6. The zero-order valence-corrected chi connectivity index (χ0v) is 22.4. The van der Waals surface area contributed by atoms with Crippen LogP contribution >= 0.6 is 0 Å². The van der Waals surface area contributed by atoms with E-state index >= 15 is 0 Å². The minimum absolute atomic E-state index is 0.0177. The summed E-state index contributed by atoms with van der Waals surface area (Å²) >= 11 is 0. The van der Waals surface area contributed by atoms with E-state index in [4.69, 9.17) is 0 Å². The van der Waals surface area contributed by atoms with Gasteiger partial charge in [0.2, 0.25) is 0 Å². The molecule has 0 atom stereocenters. The summed E-state index contributed by atoms with van der Waals surface area (Å²) in [5.74, 6) is 0. The molecule has 5 aromatic rings. The second-order valence-corrected chi connectivity index (χ2v) is 11.7. The summed E-state index contributed by atoms with van der Waals surface area (Å²) in [6.45, 7) is 9.30. The van der Waals surface area contributed by atoms with E-state index in [0.29, 0.717) is 0 Å². The maximum absolute atomic E-state index is 3.71. The van der Waals surface area contributed by atoms with Gasteiger partial charge in [-0.05, 0) is 80.9 Å². The Balaban J connectivity index is 1.20. The number of anilines is 4. The van der Waals surface area contributed by atoms with Gasteiger partial charge < -0.3 is 10.6 Å². The van der Waals surface area contributed by atoms with Crippen LogP contribution in [0.5, 0.6) is 0 Å². The highest BCUT2D eigenvalue weighted by atomic mass is 15.0. The van der Waals surface area contributed by atoms with Crippen molar-refractivity contribution in [2.45, 2.75) is 38.5 Å². The van der Waals surface area contributed by atoms with Crippen LogP contribution in [0.15, 0.2) is 109 Å². The topological polar surface area (TPSA) is 24.1 Å². The molecule has 0 aromatic heterocycles. The third-order valence-corrected chi connectivity index (χ3v) is 8.65. The Labute approximate surface area is 225 Å². The first-order chi connectivity index (χ1) is 18.3. The predicted molar refractivity (Wildman–Crippen MR) is 161 cm³/mol. The van der Waals surface area contributed by atoms with Gasteiger partial charge in [0.1, 0.15) is 0 Å². The van der Waals surface area contributed by atoms with Gasteiger partial charge in [-0.25, -0.2) is 0 Å². The Kier molecular flexibility index (Phi) is 4.87. The number of para-hydroxylation sites is 2. The van der Waals surface area contributed by atoms with Crippen LogP contribution in [0.3, 0.4) is 0 Å². The van der Waals surface area contributed by atoms with E-state index < -0.39 is 0 Å². The highest BCUT2D eigenvalue weighted by Gasteiger charge is 2.36. The van der Waals surface area contributed by atoms with Gasteiger partial charge in [-0.15, -0.1) is 0 Å². The Morgan fingerprint density at radius 3 is 1.21 bits per heavy atom. The fourth-order valence-electron chi connectivity index (χ4n) is 6.58. The molecule has 0 fully saturated rings. The van der Waals surface area contributed by atoms with Gasteiger partial charge in [0, 0.05) is 22.2 Å². The molecule has 2 nitrogen and oxygen atoms in total. The van der Waals surface area contributed by atoms with Crippen molar-refractivity contribution in [3.63, 3.8) is 0 Å². The van der Waals surface area contributed by atoms with E-state index in [0.717, 1.165) is 22.7 Å². The maximum Gasteiger partial charge on any atom is 0.0623 e. The molecule has 0 radical (unpaired) electrons. The van der Waals surface area contributed by atoms with Crippen LogP contribution in [0.25, 0.3) is 22.3 Å². The average molecular weight is 493 g/mol. The highest BCUT2D eigenvalue weighted by Crippen LogP contribution is 2.50. The van der Waals surface area contributed by atoms with Crippen LogP contribution < -0.4 is 10.6 Å². The quantitative estimate of drug-likeness (QED) is 0.261. The number of benzene rings is 5. The molecule has 2 aliphatic rings. The lowest BCUT2D eigenvalue weighted by molar-refractivity contribution is 0.660. The van der Waals surface area contributed by atoms with Gasteiger partial charge in [0.15, 0.2) is 0 Å². The molecule has 186 valence electrons. The standard InChI is InChI=1S/C36H32N2/c1-35(2)29-13-7-5-11-25(29)27-19-17-23(21-31(27)35)37-33-15-9-10-16-34(33)38-24-18-20-28-26-12-6-8-14-30(26)36(3,4)32(28)22-24/h5-22,37-38H,1-4H3. The molecular weight excluding hydrogens is 460 g/mol. The molecule has 2 heteroatoms. The molecule has 0 bridgehead atoms. The van der Waals surface area contributed by atoms with E-state index in [1.165, 1.54) is 44.5 Å². The molecule has 2 aliphatic carbocycles. The van der Waals surface area contributed by atoms with Crippen molar-refractivity contribution in [2.75, 3.05) is 10.6 Å². The van der Waals surface area contributed by atoms with E-state index in [2.05, 4.69) is 148 Å². The molecule has 5 aromatic carbocycles. The van der Waals surface area contributed by atoms with E-state index in [1.54, 1.807) is 0 Å². The summed E-state index contributed by atoms with van der Waals surface area (Å²) in [7, 11) is 0. The average Bonchev–Trinajstić information content (AvgIpc) is 3.30. The normalized spacial score (nSPS) is 15.3. The van der Waals surface area contributed by atoms with Crippen molar-refractivity contribution in [3.05, 3.63) is 131 Å². The van der Waals surface area contributed by atoms with Gasteiger partial charge in [-0.3, -0.25) is 0 Å². The largest absolute Gasteiger partial charge is 0.354 e. The fourth-order valence-corrected chi connectivity index (χ4v) is 6.58. The molecule has 7 rings (SSSR count). The number of hydrogen-bond acceptors (Lipinski definition) is 2. The zero-order chi connectivity index (χ0) is 26.1. The second-order valence-electron chi connectivity index (χ2n) is 11.7. The van der Waals surface area contributed by atoms with Crippen molar-refractivity contribution in [1.29, 1.82) is 0 Å². The first kappa shape index (κ1) is 22.9. The summed E-state index contributed by atoms with van der Waals surface area (Å²) < 4.78 is 0. The smallest absolute Gasteiger partial charge is 0.0623 e.